The first-order chi connectivity index (χ1) is 9.66. The minimum Gasteiger partial charge on any atom is -0.478 e. The van der Waals surface area contributed by atoms with Crippen molar-refractivity contribution in [2.75, 3.05) is 5.32 Å². The molecule has 0 aromatic carbocycles. The Morgan fingerprint density at radius 3 is 2.60 bits per heavy atom. The second-order valence-electron chi connectivity index (χ2n) is 6.14. The molecule has 20 heavy (non-hydrogen) atoms. The van der Waals surface area contributed by atoms with Gasteiger partial charge in [0.25, 0.3) is 0 Å². The molecule has 106 valence electrons. The number of hydrogen-bond acceptors (Lipinski definition) is 3. The fraction of sp³-hybridized carbons (Fsp3) is 0.600. The highest BCUT2D eigenvalue weighted by Gasteiger charge is 2.56. The number of carbonyl (C=O) groups excluding carboxylic acids is 1. The number of nitrogens with one attached hydrogen (secondary N) is 1. The lowest BCUT2D eigenvalue weighted by Gasteiger charge is -2.06. The van der Waals surface area contributed by atoms with Gasteiger partial charge in [0.1, 0.15) is 5.00 Å². The maximum absolute atomic E-state index is 12.3. The molecule has 4 rings (SSSR count). The van der Waals surface area contributed by atoms with E-state index in [0.29, 0.717) is 22.4 Å². The van der Waals surface area contributed by atoms with E-state index in [9.17, 15) is 14.7 Å². The van der Waals surface area contributed by atoms with Crippen molar-refractivity contribution in [3.05, 3.63) is 16.0 Å². The molecule has 2 unspecified atom stereocenters. The van der Waals surface area contributed by atoms with Crippen molar-refractivity contribution in [2.24, 2.45) is 17.8 Å². The molecular formula is C15H17NO3S. The number of carbonyl (C=O) groups is 2. The molecule has 5 heteroatoms. The molecule has 0 saturated heterocycles. The monoisotopic (exact) mass is 291 g/mol. The van der Waals surface area contributed by atoms with Crippen LogP contribution >= 0.6 is 11.3 Å². The van der Waals surface area contributed by atoms with E-state index in [1.165, 1.54) is 17.8 Å². The van der Waals surface area contributed by atoms with Crippen molar-refractivity contribution in [2.45, 2.75) is 38.5 Å². The predicted molar refractivity (Wildman–Crippen MR) is 76.3 cm³/mol. The van der Waals surface area contributed by atoms with Gasteiger partial charge in [-0.2, -0.15) is 0 Å². The quantitative estimate of drug-likeness (QED) is 0.900. The number of rotatable bonds is 3. The van der Waals surface area contributed by atoms with E-state index in [0.717, 1.165) is 42.5 Å². The summed E-state index contributed by atoms with van der Waals surface area (Å²) in [5, 5.41) is 12.9. The summed E-state index contributed by atoms with van der Waals surface area (Å²) in [7, 11) is 0. The number of anilines is 1. The van der Waals surface area contributed by atoms with Crippen molar-refractivity contribution in [3.8, 4) is 0 Å². The second-order valence-corrected chi connectivity index (χ2v) is 7.25. The number of aryl methyl sites for hydroxylation is 1. The minimum absolute atomic E-state index is 0.0436. The first-order valence-electron chi connectivity index (χ1n) is 7.35. The third kappa shape index (κ3) is 1.72. The van der Waals surface area contributed by atoms with Crippen LogP contribution in [0.2, 0.25) is 0 Å². The zero-order valence-corrected chi connectivity index (χ0v) is 12.0. The molecule has 0 spiro atoms. The molecule has 1 heterocycles. The van der Waals surface area contributed by atoms with Crippen LogP contribution in [-0.2, 0) is 17.6 Å². The summed E-state index contributed by atoms with van der Waals surface area (Å²) in [6.07, 6.45) is 6.38. The highest BCUT2D eigenvalue weighted by Crippen LogP contribution is 2.58. The summed E-state index contributed by atoms with van der Waals surface area (Å²) in [5.74, 6) is 0.408. The Labute approximate surface area is 121 Å². The van der Waals surface area contributed by atoms with Gasteiger partial charge in [-0.3, -0.25) is 4.79 Å². The molecule has 1 aromatic heterocycles. The number of aromatic carboxylic acids is 1. The van der Waals surface area contributed by atoms with Gasteiger partial charge >= 0.3 is 5.97 Å². The molecule has 2 saturated carbocycles. The van der Waals surface area contributed by atoms with Crippen molar-refractivity contribution < 1.29 is 14.7 Å². The van der Waals surface area contributed by atoms with Crippen LogP contribution in [0, 0.1) is 17.8 Å². The summed E-state index contributed by atoms with van der Waals surface area (Å²) in [6.45, 7) is 0. The fourth-order valence-corrected chi connectivity index (χ4v) is 5.41. The summed E-state index contributed by atoms with van der Waals surface area (Å²) in [4.78, 5) is 24.9. The third-order valence-corrected chi connectivity index (χ3v) is 6.29. The molecule has 1 aromatic rings. The van der Waals surface area contributed by atoms with Crippen LogP contribution in [0.5, 0.6) is 0 Å². The average Bonchev–Trinajstić information content (AvgIpc) is 2.80. The Bertz CT molecular complexity index is 597. The van der Waals surface area contributed by atoms with Crippen LogP contribution in [-0.4, -0.2) is 17.0 Å². The first-order valence-corrected chi connectivity index (χ1v) is 8.17. The zero-order chi connectivity index (χ0) is 13.9. The molecule has 2 atom stereocenters. The van der Waals surface area contributed by atoms with E-state index in [4.69, 9.17) is 0 Å². The Morgan fingerprint density at radius 1 is 1.15 bits per heavy atom. The standard InChI is InChI=1S/C15H17NO3S/c17-13(11-7-3-1-4-8(7)11)16-14-12(15(18)19)9-5-2-6-10(9)20-14/h7-8,11H,1-6H2,(H,16,17)(H,18,19). The fourth-order valence-electron chi connectivity index (χ4n) is 4.12. The van der Waals surface area contributed by atoms with Gasteiger partial charge in [0.2, 0.25) is 5.91 Å². The van der Waals surface area contributed by atoms with Gasteiger partial charge in [0, 0.05) is 10.8 Å². The number of fused-ring (bicyclic) bond motifs is 2. The van der Waals surface area contributed by atoms with Crippen LogP contribution in [0.3, 0.4) is 0 Å². The molecular weight excluding hydrogens is 274 g/mol. The highest BCUT2D eigenvalue weighted by molar-refractivity contribution is 7.17. The van der Waals surface area contributed by atoms with Gasteiger partial charge in [-0.05, 0) is 49.5 Å². The number of thiophene rings is 1. The molecule has 2 N–H and O–H groups in total. The SMILES string of the molecule is O=C(O)c1c(NC(=O)C2C3CCCC32)sc2c1CCC2. The summed E-state index contributed by atoms with van der Waals surface area (Å²) in [6, 6.07) is 0. The topological polar surface area (TPSA) is 66.4 Å². The van der Waals surface area contributed by atoms with E-state index >= 15 is 0 Å². The predicted octanol–water partition coefficient (Wildman–Crippen LogP) is 2.92. The lowest BCUT2D eigenvalue weighted by Crippen LogP contribution is -2.17. The van der Waals surface area contributed by atoms with Crippen molar-refractivity contribution in [1.82, 2.24) is 0 Å². The molecule has 4 nitrogen and oxygen atoms in total. The molecule has 1 amide bonds. The van der Waals surface area contributed by atoms with Crippen LogP contribution in [0.25, 0.3) is 0 Å². The van der Waals surface area contributed by atoms with E-state index in [1.807, 2.05) is 0 Å². The van der Waals surface area contributed by atoms with E-state index in [2.05, 4.69) is 5.32 Å². The third-order valence-electron chi connectivity index (χ3n) is 5.08. The lowest BCUT2D eigenvalue weighted by atomic mass is 10.1. The smallest absolute Gasteiger partial charge is 0.339 e. The highest BCUT2D eigenvalue weighted by atomic mass is 32.1. The Kier molecular flexibility index (Phi) is 2.67. The first kappa shape index (κ1) is 12.4. The number of carboxylic acid groups (broad SMARTS) is 1. The van der Waals surface area contributed by atoms with Crippen molar-refractivity contribution in [3.63, 3.8) is 0 Å². The largest absolute Gasteiger partial charge is 0.478 e. The molecule has 3 aliphatic carbocycles. The number of hydrogen-bond donors (Lipinski definition) is 2. The molecule has 2 fully saturated rings. The van der Waals surface area contributed by atoms with Gasteiger partial charge in [-0.15, -0.1) is 11.3 Å². The molecule has 0 radical (unpaired) electrons. The number of carboxylic acids is 1. The molecule has 0 bridgehead atoms. The van der Waals surface area contributed by atoms with E-state index in [-0.39, 0.29) is 11.8 Å². The summed E-state index contributed by atoms with van der Waals surface area (Å²) < 4.78 is 0. The van der Waals surface area contributed by atoms with Gasteiger partial charge in [-0.25, -0.2) is 4.79 Å². The van der Waals surface area contributed by atoms with Crippen LogP contribution in [0.4, 0.5) is 5.00 Å². The lowest BCUT2D eigenvalue weighted by molar-refractivity contribution is -0.118. The maximum Gasteiger partial charge on any atom is 0.339 e. The van der Waals surface area contributed by atoms with Crippen molar-refractivity contribution in [1.29, 1.82) is 0 Å². The number of amides is 1. The maximum atomic E-state index is 12.3. The van der Waals surface area contributed by atoms with Gasteiger partial charge in [0.15, 0.2) is 0 Å². The van der Waals surface area contributed by atoms with E-state index < -0.39 is 5.97 Å². The van der Waals surface area contributed by atoms with Gasteiger partial charge in [0.05, 0.1) is 5.56 Å². The van der Waals surface area contributed by atoms with Crippen LogP contribution in [0.1, 0.15) is 46.5 Å². The normalized spacial score (nSPS) is 29.9. The van der Waals surface area contributed by atoms with Gasteiger partial charge in [-0.1, -0.05) is 6.42 Å². The Morgan fingerprint density at radius 2 is 1.90 bits per heavy atom. The van der Waals surface area contributed by atoms with Gasteiger partial charge < -0.3 is 10.4 Å². The molecule has 0 aliphatic heterocycles. The van der Waals surface area contributed by atoms with Crippen LogP contribution in [0.15, 0.2) is 0 Å². The van der Waals surface area contributed by atoms with Crippen LogP contribution < -0.4 is 5.32 Å². The average molecular weight is 291 g/mol. The summed E-state index contributed by atoms with van der Waals surface area (Å²) in [5.41, 5.74) is 1.30. The zero-order valence-electron chi connectivity index (χ0n) is 11.1. The Hall–Kier alpha value is -1.36. The van der Waals surface area contributed by atoms with E-state index in [1.54, 1.807) is 0 Å². The Balaban J connectivity index is 1.57. The minimum atomic E-state index is -0.907. The van der Waals surface area contributed by atoms with Crippen molar-refractivity contribution >= 4 is 28.2 Å². The molecule has 3 aliphatic rings. The second kappa shape index (κ2) is 4.32. The summed E-state index contributed by atoms with van der Waals surface area (Å²) >= 11 is 1.47.